The highest BCUT2D eigenvalue weighted by molar-refractivity contribution is 6.34. The van der Waals surface area contributed by atoms with E-state index in [-0.39, 0.29) is 28.9 Å². The Bertz CT molecular complexity index is 758. The summed E-state index contributed by atoms with van der Waals surface area (Å²) in [5, 5.41) is 10.6. The zero-order chi connectivity index (χ0) is 17.2. The zero-order valence-corrected chi connectivity index (χ0v) is 14.9. The maximum Gasteiger partial charge on any atom is 0.252 e. The minimum absolute atomic E-state index is 0. The molecular formula is C16H19Cl2N5O2. The molecule has 7 nitrogen and oxygen atoms in total. The van der Waals surface area contributed by atoms with Crippen molar-refractivity contribution in [2.24, 2.45) is 5.73 Å². The molecule has 9 heteroatoms. The van der Waals surface area contributed by atoms with Crippen LogP contribution in [0.1, 0.15) is 23.2 Å². The molecule has 25 heavy (non-hydrogen) atoms. The number of hydrogen-bond donors (Lipinski definition) is 3. The van der Waals surface area contributed by atoms with Crippen molar-refractivity contribution >= 4 is 41.5 Å². The lowest BCUT2D eigenvalue weighted by Crippen LogP contribution is -2.52. The first-order valence-electron chi connectivity index (χ1n) is 7.64. The molecular weight excluding hydrogens is 365 g/mol. The van der Waals surface area contributed by atoms with Crippen LogP contribution in [0.15, 0.2) is 36.7 Å². The molecule has 0 atom stereocenters. The van der Waals surface area contributed by atoms with Gasteiger partial charge in [0.05, 0.1) is 10.6 Å². The monoisotopic (exact) mass is 383 g/mol. The lowest BCUT2D eigenvalue weighted by atomic mass is 9.87. The largest absolute Gasteiger partial charge is 0.366 e. The third kappa shape index (κ3) is 3.78. The fourth-order valence-corrected chi connectivity index (χ4v) is 3.17. The van der Waals surface area contributed by atoms with Gasteiger partial charge in [0, 0.05) is 18.1 Å². The van der Waals surface area contributed by atoms with E-state index >= 15 is 0 Å². The van der Waals surface area contributed by atoms with Crippen molar-refractivity contribution in [2.45, 2.75) is 18.4 Å². The molecule has 1 aromatic heterocycles. The van der Waals surface area contributed by atoms with Gasteiger partial charge >= 0.3 is 0 Å². The first-order chi connectivity index (χ1) is 11.5. The van der Waals surface area contributed by atoms with Crippen molar-refractivity contribution in [2.75, 3.05) is 18.4 Å². The minimum Gasteiger partial charge on any atom is -0.366 e. The summed E-state index contributed by atoms with van der Waals surface area (Å²) in [6.07, 6.45) is 4.69. The Balaban J connectivity index is 0.00000225. The van der Waals surface area contributed by atoms with E-state index in [9.17, 15) is 9.59 Å². The molecule has 2 aromatic rings. The normalized spacial score (nSPS) is 15.9. The van der Waals surface area contributed by atoms with Crippen LogP contribution in [0.3, 0.4) is 0 Å². The van der Waals surface area contributed by atoms with Crippen molar-refractivity contribution in [3.05, 3.63) is 47.2 Å². The number of rotatable bonds is 4. The van der Waals surface area contributed by atoms with E-state index in [1.165, 1.54) is 6.07 Å². The Hall–Kier alpha value is -2.09. The molecule has 1 saturated heterocycles. The third-order valence-corrected chi connectivity index (χ3v) is 4.62. The second kappa shape index (κ2) is 7.86. The number of halogens is 2. The maximum absolute atomic E-state index is 13.0. The average Bonchev–Trinajstić information content (AvgIpc) is 3.12. The number of nitrogens with one attached hydrogen (secondary N) is 2. The van der Waals surface area contributed by atoms with Crippen molar-refractivity contribution < 1.29 is 9.59 Å². The van der Waals surface area contributed by atoms with E-state index in [1.54, 1.807) is 35.3 Å². The SMILES string of the molecule is Cl.NC(=O)c1cc(NC(=O)C2(n3cccn3)CCNCC2)ccc1Cl. The summed E-state index contributed by atoms with van der Waals surface area (Å²) in [5.41, 5.74) is 5.19. The predicted octanol–water partition coefficient (Wildman–Crippen LogP) is 1.77. The smallest absolute Gasteiger partial charge is 0.252 e. The molecule has 0 bridgehead atoms. The molecule has 0 radical (unpaired) electrons. The summed E-state index contributed by atoms with van der Waals surface area (Å²) < 4.78 is 1.70. The topological polar surface area (TPSA) is 102 Å². The van der Waals surface area contributed by atoms with E-state index in [4.69, 9.17) is 17.3 Å². The Morgan fingerprint density at radius 1 is 1.32 bits per heavy atom. The molecule has 0 unspecified atom stereocenters. The van der Waals surface area contributed by atoms with Crippen molar-refractivity contribution in [3.8, 4) is 0 Å². The summed E-state index contributed by atoms with van der Waals surface area (Å²) in [7, 11) is 0. The lowest BCUT2D eigenvalue weighted by molar-refractivity contribution is -0.126. The van der Waals surface area contributed by atoms with Gasteiger partial charge in [-0.05, 0) is 50.2 Å². The molecule has 1 aliphatic rings. The predicted molar refractivity (Wildman–Crippen MR) is 98.2 cm³/mol. The van der Waals surface area contributed by atoms with Gasteiger partial charge in [-0.15, -0.1) is 12.4 Å². The molecule has 4 N–H and O–H groups in total. The number of amides is 2. The van der Waals surface area contributed by atoms with Gasteiger partial charge in [0.1, 0.15) is 5.54 Å². The zero-order valence-electron chi connectivity index (χ0n) is 13.4. The molecule has 0 aliphatic carbocycles. The number of benzene rings is 1. The van der Waals surface area contributed by atoms with Crippen molar-refractivity contribution in [1.29, 1.82) is 0 Å². The summed E-state index contributed by atoms with van der Waals surface area (Å²) in [5.74, 6) is -0.815. The van der Waals surface area contributed by atoms with Crippen LogP contribution < -0.4 is 16.4 Å². The van der Waals surface area contributed by atoms with Gasteiger partial charge in [0.15, 0.2) is 0 Å². The number of hydrogen-bond acceptors (Lipinski definition) is 4. The molecule has 1 fully saturated rings. The lowest BCUT2D eigenvalue weighted by Gasteiger charge is -2.36. The second-order valence-corrected chi connectivity index (χ2v) is 6.15. The van der Waals surface area contributed by atoms with Gasteiger partial charge in [-0.2, -0.15) is 5.10 Å². The molecule has 1 aromatic carbocycles. The molecule has 134 valence electrons. The van der Waals surface area contributed by atoms with Gasteiger partial charge in [0.25, 0.3) is 5.91 Å². The Morgan fingerprint density at radius 2 is 2.04 bits per heavy atom. The van der Waals surface area contributed by atoms with Crippen LogP contribution in [0.5, 0.6) is 0 Å². The minimum atomic E-state index is -0.763. The highest BCUT2D eigenvalue weighted by Gasteiger charge is 2.42. The number of nitrogens with two attached hydrogens (primary N) is 1. The molecule has 2 amide bonds. The molecule has 1 aliphatic heterocycles. The number of primary amides is 1. The summed E-state index contributed by atoms with van der Waals surface area (Å²) in [4.78, 5) is 24.4. The van der Waals surface area contributed by atoms with Crippen molar-refractivity contribution in [1.82, 2.24) is 15.1 Å². The standard InChI is InChI=1S/C16H18ClN5O2.ClH/c17-13-3-2-11(10-12(13)14(18)23)21-15(24)16(4-7-19-8-5-16)22-9-1-6-20-22;/h1-3,6,9-10,19H,4-5,7-8H2,(H2,18,23)(H,21,24);1H. The van der Waals surface area contributed by atoms with E-state index in [0.29, 0.717) is 18.5 Å². The summed E-state index contributed by atoms with van der Waals surface area (Å²) in [6, 6.07) is 6.47. The van der Waals surface area contributed by atoms with Gasteiger partial charge in [-0.1, -0.05) is 11.6 Å². The van der Waals surface area contributed by atoms with E-state index in [2.05, 4.69) is 15.7 Å². The number of aromatic nitrogens is 2. The number of carbonyl (C=O) groups excluding carboxylic acids is 2. The van der Waals surface area contributed by atoms with Crippen LogP contribution in [0, 0.1) is 0 Å². The first kappa shape index (κ1) is 19.2. The maximum atomic E-state index is 13.0. The van der Waals surface area contributed by atoms with Gasteiger partial charge in [0.2, 0.25) is 5.91 Å². The number of piperidine rings is 1. The number of carbonyl (C=O) groups is 2. The first-order valence-corrected chi connectivity index (χ1v) is 8.02. The highest BCUT2D eigenvalue weighted by Crippen LogP contribution is 2.29. The molecule has 3 rings (SSSR count). The van der Waals surface area contributed by atoms with Gasteiger partial charge in [-0.3, -0.25) is 14.3 Å². The van der Waals surface area contributed by atoms with Crippen LogP contribution in [-0.4, -0.2) is 34.7 Å². The fraction of sp³-hybridized carbons (Fsp3) is 0.312. The van der Waals surface area contributed by atoms with Gasteiger partial charge in [-0.25, -0.2) is 0 Å². The van der Waals surface area contributed by atoms with Crippen molar-refractivity contribution in [3.63, 3.8) is 0 Å². The van der Waals surface area contributed by atoms with E-state index in [1.807, 2.05) is 0 Å². The van der Waals surface area contributed by atoms with E-state index < -0.39 is 11.4 Å². The number of nitrogens with zero attached hydrogens (tertiary/aromatic N) is 2. The van der Waals surface area contributed by atoms with Crippen LogP contribution in [-0.2, 0) is 10.3 Å². The third-order valence-electron chi connectivity index (χ3n) is 4.29. The Labute approximate surface area is 156 Å². The molecule has 0 saturated carbocycles. The fourth-order valence-electron chi connectivity index (χ4n) is 2.96. The second-order valence-electron chi connectivity index (χ2n) is 5.75. The Morgan fingerprint density at radius 3 is 2.64 bits per heavy atom. The van der Waals surface area contributed by atoms with Crippen LogP contribution >= 0.6 is 24.0 Å². The molecule has 0 spiro atoms. The van der Waals surface area contributed by atoms with Crippen LogP contribution in [0.2, 0.25) is 5.02 Å². The van der Waals surface area contributed by atoms with Gasteiger partial charge < -0.3 is 16.4 Å². The quantitative estimate of drug-likeness (QED) is 0.748. The average molecular weight is 384 g/mol. The highest BCUT2D eigenvalue weighted by atomic mass is 35.5. The molecule has 2 heterocycles. The van der Waals surface area contributed by atoms with E-state index in [0.717, 1.165) is 13.1 Å². The number of anilines is 1. The van der Waals surface area contributed by atoms with Crippen LogP contribution in [0.4, 0.5) is 5.69 Å². The summed E-state index contributed by atoms with van der Waals surface area (Å²) >= 11 is 5.95. The Kier molecular flexibility index (Phi) is 6.05. The van der Waals surface area contributed by atoms with Crippen LogP contribution in [0.25, 0.3) is 0 Å². The summed E-state index contributed by atoms with van der Waals surface area (Å²) in [6.45, 7) is 1.45.